The van der Waals surface area contributed by atoms with Crippen LogP contribution in [0.25, 0.3) is 0 Å². The SMILES string of the molecule is CCOc1cccc(CNC2CC=CCC2)c1OC. The van der Waals surface area contributed by atoms with E-state index in [1.54, 1.807) is 7.11 Å². The molecule has 1 aliphatic rings. The molecule has 3 heteroatoms. The third-order valence-corrected chi connectivity index (χ3v) is 3.41. The van der Waals surface area contributed by atoms with Crippen molar-refractivity contribution in [3.05, 3.63) is 35.9 Å². The van der Waals surface area contributed by atoms with E-state index in [4.69, 9.17) is 9.47 Å². The maximum absolute atomic E-state index is 5.60. The van der Waals surface area contributed by atoms with E-state index in [0.29, 0.717) is 12.6 Å². The summed E-state index contributed by atoms with van der Waals surface area (Å²) in [6, 6.07) is 6.64. The zero-order valence-corrected chi connectivity index (χ0v) is 11.8. The van der Waals surface area contributed by atoms with Gasteiger partial charge in [-0.05, 0) is 32.3 Å². The second kappa shape index (κ2) is 7.19. The molecular weight excluding hydrogens is 238 g/mol. The van der Waals surface area contributed by atoms with Gasteiger partial charge in [0, 0.05) is 18.2 Å². The van der Waals surface area contributed by atoms with Gasteiger partial charge < -0.3 is 14.8 Å². The van der Waals surface area contributed by atoms with Crippen LogP contribution in [0, 0.1) is 0 Å². The van der Waals surface area contributed by atoms with Gasteiger partial charge in [-0.2, -0.15) is 0 Å². The Kier molecular flexibility index (Phi) is 5.28. The predicted octanol–water partition coefficient (Wildman–Crippen LogP) is 3.29. The Morgan fingerprint density at radius 1 is 1.32 bits per heavy atom. The topological polar surface area (TPSA) is 30.5 Å². The summed E-state index contributed by atoms with van der Waals surface area (Å²) in [6.07, 6.45) is 8.02. The van der Waals surface area contributed by atoms with Crippen LogP contribution in [0.5, 0.6) is 11.5 Å². The van der Waals surface area contributed by atoms with Gasteiger partial charge in [-0.3, -0.25) is 0 Å². The van der Waals surface area contributed by atoms with Crippen molar-refractivity contribution in [2.24, 2.45) is 0 Å². The van der Waals surface area contributed by atoms with Gasteiger partial charge in [-0.15, -0.1) is 0 Å². The summed E-state index contributed by atoms with van der Waals surface area (Å²) in [6.45, 7) is 3.46. The molecule has 1 atom stereocenters. The molecule has 0 aliphatic heterocycles. The van der Waals surface area contributed by atoms with Gasteiger partial charge in [-0.25, -0.2) is 0 Å². The molecule has 1 unspecified atom stereocenters. The normalized spacial score (nSPS) is 18.3. The summed E-state index contributed by atoms with van der Waals surface area (Å²) in [4.78, 5) is 0. The second-order valence-electron chi connectivity index (χ2n) is 4.74. The number of hydrogen-bond donors (Lipinski definition) is 1. The fourth-order valence-corrected chi connectivity index (χ4v) is 2.43. The lowest BCUT2D eigenvalue weighted by atomic mass is 10.0. The molecular formula is C16H23NO2. The van der Waals surface area contributed by atoms with Crippen molar-refractivity contribution in [1.82, 2.24) is 5.32 Å². The minimum Gasteiger partial charge on any atom is -0.493 e. The number of methoxy groups -OCH3 is 1. The van der Waals surface area contributed by atoms with Crippen molar-refractivity contribution in [3.8, 4) is 11.5 Å². The van der Waals surface area contributed by atoms with Gasteiger partial charge in [0.15, 0.2) is 11.5 Å². The van der Waals surface area contributed by atoms with Crippen LogP contribution >= 0.6 is 0 Å². The smallest absolute Gasteiger partial charge is 0.165 e. The number of nitrogens with one attached hydrogen (secondary N) is 1. The second-order valence-corrected chi connectivity index (χ2v) is 4.74. The lowest BCUT2D eigenvalue weighted by Gasteiger charge is -2.20. The number of rotatable bonds is 6. The average molecular weight is 261 g/mol. The Labute approximate surface area is 115 Å². The van der Waals surface area contributed by atoms with E-state index in [1.165, 1.54) is 12.8 Å². The zero-order chi connectivity index (χ0) is 13.5. The van der Waals surface area contributed by atoms with E-state index in [-0.39, 0.29) is 0 Å². The third kappa shape index (κ3) is 3.74. The van der Waals surface area contributed by atoms with Gasteiger partial charge in [0.05, 0.1) is 13.7 Å². The average Bonchev–Trinajstić information content (AvgIpc) is 2.46. The van der Waals surface area contributed by atoms with Gasteiger partial charge in [-0.1, -0.05) is 24.3 Å². The predicted molar refractivity (Wildman–Crippen MR) is 77.8 cm³/mol. The van der Waals surface area contributed by atoms with Gasteiger partial charge >= 0.3 is 0 Å². The summed E-state index contributed by atoms with van der Waals surface area (Å²) in [5, 5.41) is 3.60. The van der Waals surface area contributed by atoms with Crippen molar-refractivity contribution in [2.45, 2.75) is 38.8 Å². The van der Waals surface area contributed by atoms with E-state index >= 15 is 0 Å². The number of para-hydroxylation sites is 1. The highest BCUT2D eigenvalue weighted by atomic mass is 16.5. The lowest BCUT2D eigenvalue weighted by molar-refractivity contribution is 0.308. The fraction of sp³-hybridized carbons (Fsp3) is 0.500. The summed E-state index contributed by atoms with van der Waals surface area (Å²) in [7, 11) is 1.70. The van der Waals surface area contributed by atoms with Crippen molar-refractivity contribution in [1.29, 1.82) is 0 Å². The Balaban J connectivity index is 2.02. The fourth-order valence-electron chi connectivity index (χ4n) is 2.43. The molecule has 0 heterocycles. The summed E-state index contributed by atoms with van der Waals surface area (Å²) in [5.74, 6) is 1.68. The summed E-state index contributed by atoms with van der Waals surface area (Å²) in [5.41, 5.74) is 1.16. The van der Waals surface area contributed by atoms with Crippen LogP contribution in [0.2, 0.25) is 0 Å². The van der Waals surface area contributed by atoms with E-state index in [2.05, 4.69) is 23.5 Å². The van der Waals surface area contributed by atoms with Crippen LogP contribution in [0.15, 0.2) is 30.4 Å². The van der Waals surface area contributed by atoms with E-state index in [1.807, 2.05) is 19.1 Å². The number of ether oxygens (including phenoxy) is 2. The Bertz CT molecular complexity index is 429. The summed E-state index contributed by atoms with van der Waals surface area (Å²) >= 11 is 0. The lowest BCUT2D eigenvalue weighted by Crippen LogP contribution is -2.29. The monoisotopic (exact) mass is 261 g/mol. The Hall–Kier alpha value is -1.48. The van der Waals surface area contributed by atoms with E-state index in [9.17, 15) is 0 Å². The van der Waals surface area contributed by atoms with Crippen molar-refractivity contribution in [3.63, 3.8) is 0 Å². The molecule has 0 aromatic heterocycles. The molecule has 1 N–H and O–H groups in total. The molecule has 0 fully saturated rings. The maximum atomic E-state index is 5.60. The van der Waals surface area contributed by atoms with Crippen LogP contribution in [0.1, 0.15) is 31.7 Å². The highest BCUT2D eigenvalue weighted by molar-refractivity contribution is 5.46. The molecule has 1 aliphatic carbocycles. The van der Waals surface area contributed by atoms with Crippen molar-refractivity contribution < 1.29 is 9.47 Å². The first-order valence-electron chi connectivity index (χ1n) is 7.02. The molecule has 0 bridgehead atoms. The molecule has 19 heavy (non-hydrogen) atoms. The van der Waals surface area contributed by atoms with Crippen molar-refractivity contribution >= 4 is 0 Å². The largest absolute Gasteiger partial charge is 0.493 e. The van der Waals surface area contributed by atoms with E-state index < -0.39 is 0 Å². The Morgan fingerprint density at radius 2 is 2.21 bits per heavy atom. The van der Waals surface area contributed by atoms with Crippen LogP contribution in [0.3, 0.4) is 0 Å². The molecule has 0 radical (unpaired) electrons. The van der Waals surface area contributed by atoms with Crippen molar-refractivity contribution in [2.75, 3.05) is 13.7 Å². The third-order valence-electron chi connectivity index (χ3n) is 3.41. The maximum Gasteiger partial charge on any atom is 0.165 e. The number of hydrogen-bond acceptors (Lipinski definition) is 3. The van der Waals surface area contributed by atoms with E-state index in [0.717, 1.165) is 30.0 Å². The molecule has 0 spiro atoms. The van der Waals surface area contributed by atoms with Crippen LogP contribution in [0.4, 0.5) is 0 Å². The molecule has 0 saturated carbocycles. The molecule has 3 nitrogen and oxygen atoms in total. The number of benzene rings is 1. The first-order chi connectivity index (χ1) is 9.35. The molecule has 0 saturated heterocycles. The standard InChI is InChI=1S/C16H23NO2/c1-3-19-15-11-7-8-13(16(15)18-2)12-17-14-9-5-4-6-10-14/h4-5,7-8,11,14,17H,3,6,9-10,12H2,1-2H3. The summed E-state index contributed by atoms with van der Waals surface area (Å²) < 4.78 is 11.1. The molecule has 0 amide bonds. The quantitative estimate of drug-likeness (QED) is 0.797. The van der Waals surface area contributed by atoms with Gasteiger partial charge in [0.1, 0.15) is 0 Å². The van der Waals surface area contributed by atoms with Crippen LogP contribution < -0.4 is 14.8 Å². The Morgan fingerprint density at radius 3 is 2.89 bits per heavy atom. The minimum absolute atomic E-state index is 0.574. The molecule has 1 aromatic carbocycles. The van der Waals surface area contributed by atoms with Gasteiger partial charge in [0.2, 0.25) is 0 Å². The zero-order valence-electron chi connectivity index (χ0n) is 11.8. The molecule has 1 aromatic rings. The first-order valence-corrected chi connectivity index (χ1v) is 7.02. The van der Waals surface area contributed by atoms with Crippen LogP contribution in [-0.4, -0.2) is 19.8 Å². The van der Waals surface area contributed by atoms with Gasteiger partial charge in [0.25, 0.3) is 0 Å². The van der Waals surface area contributed by atoms with Crippen LogP contribution in [-0.2, 0) is 6.54 Å². The first kappa shape index (κ1) is 13.9. The number of allylic oxidation sites excluding steroid dienone is 1. The highest BCUT2D eigenvalue weighted by Crippen LogP contribution is 2.31. The minimum atomic E-state index is 0.574. The highest BCUT2D eigenvalue weighted by Gasteiger charge is 2.13. The molecule has 104 valence electrons. The molecule has 2 rings (SSSR count).